The molecule has 2 aromatic rings. The van der Waals surface area contributed by atoms with Crippen molar-refractivity contribution in [3.8, 4) is 11.4 Å². The molecule has 4 rings (SSSR count). The Morgan fingerprint density at radius 3 is 2.44 bits per heavy atom. The van der Waals surface area contributed by atoms with Crippen LogP contribution in [-0.4, -0.2) is 58.9 Å². The third-order valence-electron chi connectivity index (χ3n) is 6.45. The van der Waals surface area contributed by atoms with E-state index >= 15 is 0 Å². The van der Waals surface area contributed by atoms with E-state index in [0.717, 1.165) is 36.9 Å². The first-order valence-corrected chi connectivity index (χ1v) is 11.6. The molecule has 1 aromatic carbocycles. The number of ether oxygens (including phenoxy) is 1. The van der Waals surface area contributed by atoms with Crippen molar-refractivity contribution < 1.29 is 14.3 Å². The van der Waals surface area contributed by atoms with Gasteiger partial charge in [-0.05, 0) is 56.4 Å². The van der Waals surface area contributed by atoms with E-state index in [4.69, 9.17) is 4.74 Å². The monoisotopic (exact) mass is 439 g/mol. The van der Waals surface area contributed by atoms with Crippen LogP contribution in [0.5, 0.6) is 5.75 Å². The summed E-state index contributed by atoms with van der Waals surface area (Å²) in [7, 11) is 1.62. The molecule has 0 bridgehead atoms. The summed E-state index contributed by atoms with van der Waals surface area (Å²) in [6, 6.07) is 7.94. The Kier molecular flexibility index (Phi) is 6.97. The minimum atomic E-state index is -0.194. The van der Waals surface area contributed by atoms with Gasteiger partial charge in [-0.1, -0.05) is 25.3 Å². The van der Waals surface area contributed by atoms with Gasteiger partial charge in [0.05, 0.1) is 7.11 Å². The van der Waals surface area contributed by atoms with E-state index in [1.54, 1.807) is 24.1 Å². The van der Waals surface area contributed by atoms with Gasteiger partial charge in [-0.25, -0.2) is 9.48 Å². The third kappa shape index (κ3) is 5.23. The number of benzene rings is 1. The molecule has 0 spiro atoms. The standard InChI is InChI=1S/C24H33N5O3/c1-17-8-9-22(32-2)21(16-17)29-15-12-20(27-29)23(30)25-19-10-13-28(14-11-19)24(31)26-18-6-4-3-5-7-18/h8-9,12,15-16,18-19H,3-7,10-11,13-14H2,1-2H3,(H,25,30)(H,26,31). The van der Waals surface area contributed by atoms with Gasteiger partial charge in [0.15, 0.2) is 5.69 Å². The van der Waals surface area contributed by atoms with Crippen molar-refractivity contribution in [1.29, 1.82) is 0 Å². The number of amides is 3. The molecule has 1 aliphatic heterocycles. The maximum Gasteiger partial charge on any atom is 0.317 e. The average Bonchev–Trinajstić information content (AvgIpc) is 3.30. The molecular formula is C24H33N5O3. The van der Waals surface area contributed by atoms with Gasteiger partial charge < -0.3 is 20.3 Å². The molecule has 32 heavy (non-hydrogen) atoms. The van der Waals surface area contributed by atoms with E-state index in [9.17, 15) is 9.59 Å². The Labute approximate surface area is 189 Å². The highest BCUT2D eigenvalue weighted by Crippen LogP contribution is 2.23. The van der Waals surface area contributed by atoms with Crippen LogP contribution in [0.3, 0.4) is 0 Å². The van der Waals surface area contributed by atoms with Gasteiger partial charge in [-0.3, -0.25) is 4.79 Å². The van der Waals surface area contributed by atoms with Crippen LogP contribution >= 0.6 is 0 Å². The fourth-order valence-electron chi connectivity index (χ4n) is 4.56. The second-order valence-corrected chi connectivity index (χ2v) is 8.84. The van der Waals surface area contributed by atoms with Crippen molar-refractivity contribution in [2.24, 2.45) is 0 Å². The summed E-state index contributed by atoms with van der Waals surface area (Å²) < 4.78 is 7.09. The summed E-state index contributed by atoms with van der Waals surface area (Å²) in [5.74, 6) is 0.505. The number of likely N-dealkylation sites (tertiary alicyclic amines) is 1. The number of aryl methyl sites for hydroxylation is 1. The highest BCUT2D eigenvalue weighted by molar-refractivity contribution is 5.92. The average molecular weight is 440 g/mol. The van der Waals surface area contributed by atoms with Gasteiger partial charge in [0.1, 0.15) is 11.4 Å². The summed E-state index contributed by atoms with van der Waals surface area (Å²) in [5, 5.41) is 10.7. The van der Waals surface area contributed by atoms with E-state index in [-0.39, 0.29) is 18.0 Å². The smallest absolute Gasteiger partial charge is 0.317 e. The second-order valence-electron chi connectivity index (χ2n) is 8.84. The first kappa shape index (κ1) is 22.2. The first-order chi connectivity index (χ1) is 15.5. The van der Waals surface area contributed by atoms with Gasteiger partial charge in [0.2, 0.25) is 0 Å². The van der Waals surface area contributed by atoms with Gasteiger partial charge in [0.25, 0.3) is 5.91 Å². The lowest BCUT2D eigenvalue weighted by molar-refractivity contribution is 0.0912. The van der Waals surface area contributed by atoms with E-state index in [1.807, 2.05) is 30.0 Å². The topological polar surface area (TPSA) is 88.5 Å². The number of nitrogens with zero attached hydrogens (tertiary/aromatic N) is 3. The van der Waals surface area contributed by atoms with Crippen LogP contribution in [0.25, 0.3) is 5.69 Å². The van der Waals surface area contributed by atoms with E-state index < -0.39 is 0 Å². The van der Waals surface area contributed by atoms with Crippen LogP contribution < -0.4 is 15.4 Å². The minimum Gasteiger partial charge on any atom is -0.494 e. The normalized spacial score (nSPS) is 17.8. The predicted molar refractivity (Wildman–Crippen MR) is 122 cm³/mol. The number of hydrogen-bond donors (Lipinski definition) is 2. The van der Waals surface area contributed by atoms with Crippen LogP contribution in [0, 0.1) is 6.92 Å². The maximum absolute atomic E-state index is 12.7. The van der Waals surface area contributed by atoms with Gasteiger partial charge >= 0.3 is 6.03 Å². The minimum absolute atomic E-state index is 0.0347. The molecule has 0 atom stereocenters. The van der Waals surface area contributed by atoms with Gasteiger partial charge in [-0.2, -0.15) is 5.10 Å². The Balaban J connectivity index is 1.29. The number of hydrogen-bond acceptors (Lipinski definition) is 4. The molecule has 1 saturated heterocycles. The Bertz CT molecular complexity index is 943. The molecule has 2 heterocycles. The molecule has 8 nitrogen and oxygen atoms in total. The molecular weight excluding hydrogens is 406 g/mol. The second kappa shape index (κ2) is 10.1. The van der Waals surface area contributed by atoms with Gasteiger partial charge in [-0.15, -0.1) is 0 Å². The van der Waals surface area contributed by atoms with Crippen LogP contribution in [0.2, 0.25) is 0 Å². The van der Waals surface area contributed by atoms with Crippen LogP contribution in [0.1, 0.15) is 61.0 Å². The molecule has 2 aliphatic rings. The van der Waals surface area contributed by atoms with Crippen molar-refractivity contribution in [1.82, 2.24) is 25.3 Å². The zero-order valence-corrected chi connectivity index (χ0v) is 19.0. The maximum atomic E-state index is 12.7. The number of piperidine rings is 1. The van der Waals surface area contributed by atoms with Crippen molar-refractivity contribution in [2.75, 3.05) is 20.2 Å². The highest BCUT2D eigenvalue weighted by atomic mass is 16.5. The molecule has 2 fully saturated rings. The summed E-state index contributed by atoms with van der Waals surface area (Å²) in [4.78, 5) is 27.2. The molecule has 172 valence electrons. The quantitative estimate of drug-likeness (QED) is 0.747. The number of aromatic nitrogens is 2. The molecule has 1 aliphatic carbocycles. The molecule has 0 unspecified atom stereocenters. The van der Waals surface area contributed by atoms with Crippen molar-refractivity contribution in [3.63, 3.8) is 0 Å². The Morgan fingerprint density at radius 2 is 1.72 bits per heavy atom. The predicted octanol–water partition coefficient (Wildman–Crippen LogP) is 3.43. The molecule has 0 radical (unpaired) electrons. The Morgan fingerprint density at radius 1 is 1.00 bits per heavy atom. The van der Waals surface area contributed by atoms with E-state index in [2.05, 4.69) is 15.7 Å². The lowest BCUT2D eigenvalue weighted by atomic mass is 9.95. The van der Waals surface area contributed by atoms with Crippen molar-refractivity contribution in [3.05, 3.63) is 41.7 Å². The zero-order valence-electron chi connectivity index (χ0n) is 19.0. The summed E-state index contributed by atoms with van der Waals surface area (Å²) >= 11 is 0. The van der Waals surface area contributed by atoms with E-state index in [0.29, 0.717) is 30.6 Å². The molecule has 2 N–H and O–H groups in total. The summed E-state index contributed by atoms with van der Waals surface area (Å²) in [6.07, 6.45) is 9.10. The number of rotatable bonds is 5. The van der Waals surface area contributed by atoms with E-state index in [1.165, 1.54) is 19.3 Å². The Hall–Kier alpha value is -3.03. The number of carbonyl (C=O) groups is 2. The SMILES string of the molecule is COc1ccc(C)cc1-n1ccc(C(=O)NC2CCN(C(=O)NC3CCCCC3)CC2)n1. The third-order valence-corrected chi connectivity index (χ3v) is 6.45. The lowest BCUT2D eigenvalue weighted by Gasteiger charge is -2.34. The number of carbonyl (C=O) groups excluding carboxylic acids is 2. The summed E-state index contributed by atoms with van der Waals surface area (Å²) in [6.45, 7) is 3.30. The van der Waals surface area contributed by atoms with Crippen LogP contribution in [0.4, 0.5) is 4.79 Å². The molecule has 1 saturated carbocycles. The first-order valence-electron chi connectivity index (χ1n) is 11.6. The largest absolute Gasteiger partial charge is 0.494 e. The zero-order chi connectivity index (χ0) is 22.5. The number of urea groups is 1. The number of nitrogens with one attached hydrogen (secondary N) is 2. The molecule has 3 amide bonds. The van der Waals surface area contributed by atoms with Crippen molar-refractivity contribution >= 4 is 11.9 Å². The fourth-order valence-corrected chi connectivity index (χ4v) is 4.56. The van der Waals surface area contributed by atoms with Crippen LogP contribution in [0.15, 0.2) is 30.5 Å². The van der Waals surface area contributed by atoms with Crippen molar-refractivity contribution in [2.45, 2.75) is 64.0 Å². The molecule has 8 heteroatoms. The fraction of sp³-hybridized carbons (Fsp3) is 0.542. The number of methoxy groups -OCH3 is 1. The molecule has 1 aromatic heterocycles. The summed E-state index contributed by atoms with van der Waals surface area (Å²) in [5.41, 5.74) is 2.25. The lowest BCUT2D eigenvalue weighted by Crippen LogP contribution is -2.51. The van der Waals surface area contributed by atoms with Gasteiger partial charge in [0, 0.05) is 31.4 Å². The highest BCUT2D eigenvalue weighted by Gasteiger charge is 2.26. The van der Waals surface area contributed by atoms with Crippen LogP contribution in [-0.2, 0) is 0 Å².